The van der Waals surface area contributed by atoms with Gasteiger partial charge in [0.1, 0.15) is 5.75 Å². The van der Waals surface area contributed by atoms with E-state index in [1.165, 1.54) is 16.0 Å². The minimum Gasteiger partial charge on any atom is -0.497 e. The molecule has 2 aromatic carbocycles. The highest BCUT2D eigenvalue weighted by Gasteiger charge is 2.09. The third kappa shape index (κ3) is 2.73. The highest BCUT2D eigenvalue weighted by Crippen LogP contribution is 2.28. The molecule has 0 radical (unpaired) electrons. The van der Waals surface area contributed by atoms with Gasteiger partial charge in [-0.15, -0.1) is 11.3 Å². The third-order valence-electron chi connectivity index (χ3n) is 3.19. The first-order valence-electron chi connectivity index (χ1n) is 6.47. The van der Waals surface area contributed by atoms with Crippen molar-refractivity contribution >= 4 is 11.3 Å². The Morgan fingerprint density at radius 1 is 1.05 bits per heavy atom. The van der Waals surface area contributed by atoms with Crippen molar-refractivity contribution in [1.29, 1.82) is 0 Å². The molecule has 2 nitrogen and oxygen atoms in total. The molecular weight excluding hydrogens is 266 g/mol. The topological polar surface area (TPSA) is 22.1 Å². The second-order valence-electron chi connectivity index (χ2n) is 4.52. The van der Waals surface area contributed by atoms with Gasteiger partial charge in [0.05, 0.1) is 18.3 Å². The number of methoxy groups -OCH3 is 1. The molecule has 3 aromatic rings. The molecule has 3 heteroatoms. The zero-order valence-electron chi connectivity index (χ0n) is 11.2. The summed E-state index contributed by atoms with van der Waals surface area (Å²) < 4.78 is 5.28. The fraction of sp³-hybridized carbons (Fsp3) is 0.118. The number of benzene rings is 2. The van der Waals surface area contributed by atoms with E-state index in [0.717, 1.165) is 17.9 Å². The number of ether oxygens (including phenoxy) is 1. The van der Waals surface area contributed by atoms with Crippen LogP contribution in [-0.2, 0) is 6.42 Å². The second kappa shape index (κ2) is 5.88. The molecule has 0 fully saturated rings. The molecule has 0 aliphatic rings. The first-order chi connectivity index (χ1) is 9.86. The van der Waals surface area contributed by atoms with Crippen molar-refractivity contribution < 1.29 is 4.74 Å². The summed E-state index contributed by atoms with van der Waals surface area (Å²) in [5, 5.41) is 0. The third-order valence-corrected chi connectivity index (χ3v) is 4.02. The molecule has 1 aromatic heterocycles. The normalized spacial score (nSPS) is 10.4. The first kappa shape index (κ1) is 12.9. The Morgan fingerprint density at radius 3 is 2.70 bits per heavy atom. The number of hydrogen-bond acceptors (Lipinski definition) is 3. The summed E-state index contributed by atoms with van der Waals surface area (Å²) in [7, 11) is 1.70. The van der Waals surface area contributed by atoms with Gasteiger partial charge in [-0.3, -0.25) is 0 Å². The highest BCUT2D eigenvalue weighted by molar-refractivity contribution is 7.10. The van der Waals surface area contributed by atoms with Gasteiger partial charge < -0.3 is 4.74 Å². The van der Waals surface area contributed by atoms with E-state index < -0.39 is 0 Å². The van der Waals surface area contributed by atoms with Crippen LogP contribution in [0.1, 0.15) is 10.4 Å². The summed E-state index contributed by atoms with van der Waals surface area (Å²) in [4.78, 5) is 5.79. The lowest BCUT2D eigenvalue weighted by atomic mass is 10.1. The van der Waals surface area contributed by atoms with Crippen molar-refractivity contribution in [3.63, 3.8) is 0 Å². The van der Waals surface area contributed by atoms with Crippen LogP contribution in [0.3, 0.4) is 0 Å². The number of hydrogen-bond donors (Lipinski definition) is 0. The molecule has 0 unspecified atom stereocenters. The van der Waals surface area contributed by atoms with Crippen LogP contribution in [0.5, 0.6) is 5.75 Å². The average molecular weight is 281 g/mol. The summed E-state index contributed by atoms with van der Waals surface area (Å²) in [5.74, 6) is 0.897. The van der Waals surface area contributed by atoms with E-state index in [-0.39, 0.29) is 0 Å². The van der Waals surface area contributed by atoms with Gasteiger partial charge in [-0.1, -0.05) is 42.5 Å². The van der Waals surface area contributed by atoms with Crippen LogP contribution < -0.4 is 4.74 Å². The largest absolute Gasteiger partial charge is 0.497 e. The van der Waals surface area contributed by atoms with Gasteiger partial charge in [-0.25, -0.2) is 4.98 Å². The predicted molar refractivity (Wildman–Crippen MR) is 83.4 cm³/mol. The van der Waals surface area contributed by atoms with Crippen LogP contribution in [0.25, 0.3) is 11.3 Å². The van der Waals surface area contributed by atoms with E-state index in [2.05, 4.69) is 29.2 Å². The van der Waals surface area contributed by atoms with Gasteiger partial charge in [0.2, 0.25) is 0 Å². The first-order valence-corrected chi connectivity index (χ1v) is 7.35. The molecule has 0 bridgehead atoms. The quantitative estimate of drug-likeness (QED) is 0.706. The Hall–Kier alpha value is -2.13. The lowest BCUT2D eigenvalue weighted by Crippen LogP contribution is -1.90. The smallest absolute Gasteiger partial charge is 0.119 e. The van der Waals surface area contributed by atoms with Crippen LogP contribution in [0, 0.1) is 0 Å². The maximum Gasteiger partial charge on any atom is 0.119 e. The molecule has 3 rings (SSSR count). The van der Waals surface area contributed by atoms with E-state index >= 15 is 0 Å². The fourth-order valence-electron chi connectivity index (χ4n) is 2.20. The molecule has 0 amide bonds. The van der Waals surface area contributed by atoms with Gasteiger partial charge in [0.15, 0.2) is 0 Å². The lowest BCUT2D eigenvalue weighted by molar-refractivity contribution is 0.414. The maximum atomic E-state index is 5.28. The van der Waals surface area contributed by atoms with Crippen molar-refractivity contribution in [1.82, 2.24) is 4.98 Å². The van der Waals surface area contributed by atoms with Gasteiger partial charge >= 0.3 is 0 Å². The van der Waals surface area contributed by atoms with Crippen molar-refractivity contribution in [2.24, 2.45) is 0 Å². The molecule has 0 atom stereocenters. The van der Waals surface area contributed by atoms with E-state index in [1.807, 2.05) is 35.8 Å². The van der Waals surface area contributed by atoms with Crippen LogP contribution in [0.4, 0.5) is 0 Å². The average Bonchev–Trinajstić information content (AvgIpc) is 2.96. The van der Waals surface area contributed by atoms with Gasteiger partial charge in [-0.2, -0.15) is 0 Å². The number of nitrogens with zero attached hydrogens (tertiary/aromatic N) is 1. The number of aromatic nitrogens is 1. The Morgan fingerprint density at radius 2 is 1.90 bits per heavy atom. The summed E-state index contributed by atoms with van der Waals surface area (Å²) in [5.41, 5.74) is 5.41. The van der Waals surface area contributed by atoms with E-state index in [1.54, 1.807) is 18.4 Å². The highest BCUT2D eigenvalue weighted by atomic mass is 32.1. The molecule has 1 heterocycles. The fourth-order valence-corrected chi connectivity index (χ4v) is 3.01. The minimum atomic E-state index is 0.881. The molecular formula is C17H15NOS. The van der Waals surface area contributed by atoms with Gasteiger partial charge in [0, 0.05) is 16.9 Å². The van der Waals surface area contributed by atoms with E-state index in [4.69, 9.17) is 4.74 Å². The van der Waals surface area contributed by atoms with E-state index in [9.17, 15) is 0 Å². The van der Waals surface area contributed by atoms with Crippen LogP contribution in [-0.4, -0.2) is 12.1 Å². The van der Waals surface area contributed by atoms with Crippen LogP contribution >= 0.6 is 11.3 Å². The SMILES string of the molecule is COc1cccc(Cc2scnc2-c2ccccc2)c1. The standard InChI is InChI=1S/C17H15NOS/c1-19-15-9-5-6-13(10-15)11-16-17(18-12-20-16)14-7-3-2-4-8-14/h2-10,12H,11H2,1H3. The van der Waals surface area contributed by atoms with Crippen molar-refractivity contribution in [2.75, 3.05) is 7.11 Å². The Bertz CT molecular complexity index is 691. The second-order valence-corrected chi connectivity index (χ2v) is 5.46. The molecule has 100 valence electrons. The molecule has 0 saturated carbocycles. The van der Waals surface area contributed by atoms with Crippen molar-refractivity contribution in [2.45, 2.75) is 6.42 Å². The maximum absolute atomic E-state index is 5.28. The summed E-state index contributed by atoms with van der Waals surface area (Å²) in [6.07, 6.45) is 0.881. The monoisotopic (exact) mass is 281 g/mol. The van der Waals surface area contributed by atoms with Crippen LogP contribution in [0.15, 0.2) is 60.1 Å². The van der Waals surface area contributed by atoms with Crippen LogP contribution in [0.2, 0.25) is 0 Å². The van der Waals surface area contributed by atoms with Crippen molar-refractivity contribution in [3.05, 3.63) is 70.5 Å². The van der Waals surface area contributed by atoms with Crippen molar-refractivity contribution in [3.8, 4) is 17.0 Å². The molecule has 0 N–H and O–H groups in total. The van der Waals surface area contributed by atoms with E-state index in [0.29, 0.717) is 0 Å². The Labute approximate surface area is 122 Å². The summed E-state index contributed by atoms with van der Waals surface area (Å²) in [6, 6.07) is 18.5. The molecule has 20 heavy (non-hydrogen) atoms. The molecule has 0 saturated heterocycles. The number of thiazole rings is 1. The predicted octanol–water partition coefficient (Wildman–Crippen LogP) is 4.41. The minimum absolute atomic E-state index is 0.881. The zero-order chi connectivity index (χ0) is 13.8. The van der Waals surface area contributed by atoms with Gasteiger partial charge in [-0.05, 0) is 17.7 Å². The Kier molecular flexibility index (Phi) is 3.79. The number of rotatable bonds is 4. The Balaban J connectivity index is 1.90. The lowest BCUT2D eigenvalue weighted by Gasteiger charge is -2.05. The molecule has 0 spiro atoms. The molecule has 0 aliphatic heterocycles. The zero-order valence-corrected chi connectivity index (χ0v) is 12.1. The van der Waals surface area contributed by atoms with Gasteiger partial charge in [0.25, 0.3) is 0 Å². The summed E-state index contributed by atoms with van der Waals surface area (Å²) in [6.45, 7) is 0. The summed E-state index contributed by atoms with van der Waals surface area (Å²) >= 11 is 1.70. The molecule has 0 aliphatic carbocycles.